The molecule has 1 saturated heterocycles. The van der Waals surface area contributed by atoms with Gasteiger partial charge in [-0.15, -0.1) is 0 Å². The van der Waals surface area contributed by atoms with Crippen LogP contribution in [0.4, 0.5) is 5.95 Å². The molecule has 0 aliphatic carbocycles. The molecule has 0 bridgehead atoms. The second-order valence-electron chi connectivity index (χ2n) is 5.40. The van der Waals surface area contributed by atoms with Crippen LogP contribution in [0.25, 0.3) is 0 Å². The summed E-state index contributed by atoms with van der Waals surface area (Å²) in [5.41, 5.74) is 1.14. The molecule has 1 aliphatic heterocycles. The Hall–Kier alpha value is -1.20. The van der Waals surface area contributed by atoms with Crippen molar-refractivity contribution in [1.82, 2.24) is 9.97 Å². The molecule has 2 N–H and O–H groups in total. The third kappa shape index (κ3) is 2.92. The fourth-order valence-electron chi connectivity index (χ4n) is 1.64. The normalized spacial score (nSPS) is 24.9. The largest absolute Gasteiger partial charge is 0.388 e. The van der Waals surface area contributed by atoms with Crippen LogP contribution in [0.3, 0.4) is 0 Å². The van der Waals surface area contributed by atoms with Crippen LogP contribution in [-0.4, -0.2) is 40.4 Å². The van der Waals surface area contributed by atoms with Crippen LogP contribution in [0.5, 0.6) is 0 Å². The van der Waals surface area contributed by atoms with Crippen LogP contribution in [0, 0.1) is 0 Å². The van der Waals surface area contributed by atoms with E-state index in [0.29, 0.717) is 19.2 Å². The van der Waals surface area contributed by atoms with Crippen LogP contribution in [-0.2, 0) is 10.2 Å². The molecule has 1 fully saturated rings. The van der Waals surface area contributed by atoms with Gasteiger partial charge in [-0.3, -0.25) is 0 Å². The van der Waals surface area contributed by atoms with Crippen LogP contribution in [0.1, 0.15) is 26.3 Å². The first-order chi connectivity index (χ1) is 7.97. The molecule has 2 atom stereocenters. The molecule has 5 nitrogen and oxygen atoms in total. The van der Waals surface area contributed by atoms with Gasteiger partial charge in [-0.2, -0.15) is 0 Å². The SMILES string of the molecule is CC(C)(C)c1cnc(NC2COCC2O)nc1. The highest BCUT2D eigenvalue weighted by Crippen LogP contribution is 2.21. The minimum absolute atomic E-state index is 0.0501. The van der Waals surface area contributed by atoms with E-state index in [9.17, 15) is 5.11 Å². The van der Waals surface area contributed by atoms with E-state index in [1.807, 2.05) is 12.4 Å². The first-order valence-corrected chi connectivity index (χ1v) is 5.82. The third-order valence-corrected chi connectivity index (χ3v) is 2.88. The highest BCUT2D eigenvalue weighted by Gasteiger charge is 2.26. The minimum Gasteiger partial charge on any atom is -0.388 e. The number of anilines is 1. The highest BCUT2D eigenvalue weighted by atomic mass is 16.5. The average molecular weight is 237 g/mol. The van der Waals surface area contributed by atoms with Gasteiger partial charge >= 0.3 is 0 Å². The number of ether oxygens (including phenoxy) is 1. The fourth-order valence-corrected chi connectivity index (χ4v) is 1.64. The number of aliphatic hydroxyl groups excluding tert-OH is 1. The number of aromatic nitrogens is 2. The van der Waals surface area contributed by atoms with Crippen molar-refractivity contribution in [2.75, 3.05) is 18.5 Å². The first kappa shape index (κ1) is 12.3. The van der Waals surface area contributed by atoms with Gasteiger partial charge in [0.1, 0.15) is 0 Å². The van der Waals surface area contributed by atoms with Crippen LogP contribution in [0.15, 0.2) is 12.4 Å². The van der Waals surface area contributed by atoms with Gasteiger partial charge in [0.2, 0.25) is 5.95 Å². The summed E-state index contributed by atoms with van der Waals surface area (Å²) >= 11 is 0. The van der Waals surface area contributed by atoms with Gasteiger partial charge in [-0.25, -0.2) is 9.97 Å². The van der Waals surface area contributed by atoms with Crippen molar-refractivity contribution in [3.63, 3.8) is 0 Å². The number of hydrogen-bond donors (Lipinski definition) is 2. The predicted molar refractivity (Wildman–Crippen MR) is 65.0 cm³/mol. The number of aliphatic hydroxyl groups is 1. The molecular weight excluding hydrogens is 218 g/mol. The summed E-state index contributed by atoms with van der Waals surface area (Å²) in [6.07, 6.45) is 3.15. The second kappa shape index (κ2) is 4.58. The summed E-state index contributed by atoms with van der Waals surface area (Å²) < 4.78 is 5.15. The maximum absolute atomic E-state index is 9.59. The summed E-state index contributed by atoms with van der Waals surface area (Å²) in [6.45, 7) is 7.22. The average Bonchev–Trinajstić information content (AvgIpc) is 2.64. The topological polar surface area (TPSA) is 67.3 Å². The number of rotatable bonds is 2. The molecule has 17 heavy (non-hydrogen) atoms. The highest BCUT2D eigenvalue weighted by molar-refractivity contribution is 5.29. The van der Waals surface area contributed by atoms with E-state index >= 15 is 0 Å². The molecule has 1 aromatic rings. The summed E-state index contributed by atoms with van der Waals surface area (Å²) in [7, 11) is 0. The van der Waals surface area contributed by atoms with Crippen molar-refractivity contribution in [2.45, 2.75) is 38.3 Å². The second-order valence-corrected chi connectivity index (χ2v) is 5.40. The van der Waals surface area contributed by atoms with Crippen molar-refractivity contribution < 1.29 is 9.84 Å². The quantitative estimate of drug-likeness (QED) is 0.801. The van der Waals surface area contributed by atoms with Gasteiger partial charge in [-0.1, -0.05) is 20.8 Å². The van der Waals surface area contributed by atoms with E-state index in [0.717, 1.165) is 5.56 Å². The first-order valence-electron chi connectivity index (χ1n) is 5.82. The summed E-state index contributed by atoms with van der Waals surface area (Å²) in [5, 5.41) is 12.7. The van der Waals surface area contributed by atoms with Crippen molar-refractivity contribution in [3.8, 4) is 0 Å². The molecular formula is C12H19N3O2. The van der Waals surface area contributed by atoms with Crippen LogP contribution < -0.4 is 5.32 Å². The van der Waals surface area contributed by atoms with Gasteiger partial charge in [0, 0.05) is 12.4 Å². The maximum atomic E-state index is 9.59. The summed E-state index contributed by atoms with van der Waals surface area (Å²) in [6, 6.07) is -0.115. The molecule has 2 heterocycles. The van der Waals surface area contributed by atoms with Gasteiger partial charge in [0.15, 0.2) is 0 Å². The number of nitrogens with one attached hydrogen (secondary N) is 1. The van der Waals surface area contributed by atoms with Gasteiger partial charge in [-0.05, 0) is 11.0 Å². The molecule has 5 heteroatoms. The zero-order valence-corrected chi connectivity index (χ0v) is 10.5. The van der Waals surface area contributed by atoms with E-state index < -0.39 is 6.10 Å². The van der Waals surface area contributed by atoms with Crippen LogP contribution >= 0.6 is 0 Å². The Kier molecular flexibility index (Phi) is 3.31. The lowest BCUT2D eigenvalue weighted by Gasteiger charge is -2.19. The van der Waals surface area contributed by atoms with E-state index in [1.54, 1.807) is 0 Å². The molecule has 0 amide bonds. The monoisotopic (exact) mass is 237 g/mol. The van der Waals surface area contributed by atoms with Crippen molar-refractivity contribution in [2.24, 2.45) is 0 Å². The summed E-state index contributed by atoms with van der Waals surface area (Å²) in [5.74, 6) is 0.535. The smallest absolute Gasteiger partial charge is 0.222 e. The Labute approximate surface area is 101 Å². The molecule has 1 aliphatic rings. The standard InChI is InChI=1S/C12H19N3O2/c1-12(2,3)8-4-13-11(14-5-8)15-9-6-17-7-10(9)16/h4-5,9-10,16H,6-7H2,1-3H3,(H,13,14,15). The molecule has 0 aromatic carbocycles. The molecule has 1 aromatic heterocycles. The van der Waals surface area contributed by atoms with E-state index in [4.69, 9.17) is 4.74 Å². The fraction of sp³-hybridized carbons (Fsp3) is 0.667. The van der Waals surface area contributed by atoms with E-state index in [-0.39, 0.29) is 11.5 Å². The Balaban J connectivity index is 2.03. The molecule has 2 unspecified atom stereocenters. The Morgan fingerprint density at radius 2 is 1.94 bits per heavy atom. The van der Waals surface area contributed by atoms with Gasteiger partial charge in [0.05, 0.1) is 25.4 Å². The third-order valence-electron chi connectivity index (χ3n) is 2.88. The number of nitrogens with zero attached hydrogens (tertiary/aromatic N) is 2. The van der Waals surface area contributed by atoms with Crippen LogP contribution in [0.2, 0.25) is 0 Å². The van der Waals surface area contributed by atoms with Crippen molar-refractivity contribution in [3.05, 3.63) is 18.0 Å². The zero-order chi connectivity index (χ0) is 12.5. The van der Waals surface area contributed by atoms with Crippen molar-refractivity contribution in [1.29, 1.82) is 0 Å². The predicted octanol–water partition coefficient (Wildman–Crippen LogP) is 0.946. The lowest BCUT2D eigenvalue weighted by molar-refractivity contribution is 0.125. The van der Waals surface area contributed by atoms with E-state index in [1.165, 1.54) is 0 Å². The summed E-state index contributed by atoms with van der Waals surface area (Å²) in [4.78, 5) is 8.51. The Morgan fingerprint density at radius 3 is 2.41 bits per heavy atom. The van der Waals surface area contributed by atoms with Gasteiger partial charge in [0.25, 0.3) is 0 Å². The lowest BCUT2D eigenvalue weighted by atomic mass is 9.89. The Bertz CT molecular complexity index is 372. The minimum atomic E-state index is -0.485. The number of hydrogen-bond acceptors (Lipinski definition) is 5. The van der Waals surface area contributed by atoms with Crippen molar-refractivity contribution >= 4 is 5.95 Å². The molecule has 0 radical (unpaired) electrons. The molecule has 0 spiro atoms. The maximum Gasteiger partial charge on any atom is 0.222 e. The Morgan fingerprint density at radius 1 is 1.29 bits per heavy atom. The molecule has 0 saturated carbocycles. The van der Waals surface area contributed by atoms with Gasteiger partial charge < -0.3 is 15.2 Å². The lowest BCUT2D eigenvalue weighted by Crippen LogP contribution is -2.32. The molecule has 94 valence electrons. The molecule has 2 rings (SSSR count). The van der Waals surface area contributed by atoms with E-state index in [2.05, 4.69) is 36.1 Å². The zero-order valence-electron chi connectivity index (χ0n) is 10.5.